The van der Waals surface area contributed by atoms with Gasteiger partial charge in [0.15, 0.2) is 6.04 Å². The van der Waals surface area contributed by atoms with E-state index >= 15 is 0 Å². The molecular formula is C17H27NO4Si. The second kappa shape index (κ2) is 7.63. The van der Waals surface area contributed by atoms with Gasteiger partial charge in [-0.1, -0.05) is 51.1 Å². The summed E-state index contributed by atoms with van der Waals surface area (Å²) < 4.78 is 10.7. The van der Waals surface area contributed by atoms with Gasteiger partial charge in [0.05, 0.1) is 6.61 Å². The highest BCUT2D eigenvalue weighted by Gasteiger charge is 2.42. The molecule has 5 nitrogen and oxygen atoms in total. The number of hydrogen-bond donors (Lipinski definition) is 1. The van der Waals surface area contributed by atoms with E-state index in [1.54, 1.807) is 19.1 Å². The first-order chi connectivity index (χ1) is 10.6. The fourth-order valence-corrected chi connectivity index (χ4v) is 2.60. The van der Waals surface area contributed by atoms with Gasteiger partial charge in [0.25, 0.3) is 8.32 Å². The van der Waals surface area contributed by atoms with Crippen molar-refractivity contribution in [2.75, 3.05) is 6.61 Å². The Morgan fingerprint density at radius 3 is 2.22 bits per heavy atom. The summed E-state index contributed by atoms with van der Waals surface area (Å²) in [6.07, 6.45) is -0.631. The highest BCUT2D eigenvalue weighted by atomic mass is 28.4. The quantitative estimate of drug-likeness (QED) is 0.824. The van der Waals surface area contributed by atoms with Crippen molar-refractivity contribution in [3.8, 4) is 0 Å². The number of carbonyl (C=O) groups excluding carboxylic acids is 2. The van der Waals surface area contributed by atoms with Crippen LogP contribution in [0.3, 0.4) is 0 Å². The molecule has 0 spiro atoms. The van der Waals surface area contributed by atoms with Crippen molar-refractivity contribution in [3.63, 3.8) is 0 Å². The van der Waals surface area contributed by atoms with E-state index in [4.69, 9.17) is 9.16 Å². The van der Waals surface area contributed by atoms with Gasteiger partial charge in [0.1, 0.15) is 0 Å². The molecule has 0 aromatic heterocycles. The molecule has 0 saturated heterocycles. The SMILES string of the molecule is CCOC(=O)NC(C(=O)O[Si](C)(C)C(C)(C)C)c1ccccc1. The molecule has 0 aliphatic heterocycles. The molecule has 6 heteroatoms. The van der Waals surface area contributed by atoms with Crippen LogP contribution in [0.1, 0.15) is 39.3 Å². The standard InChI is InChI=1S/C17H27NO4Si/c1-7-21-16(20)18-14(13-11-9-8-10-12-13)15(19)22-23(5,6)17(2,3)4/h8-12,14H,7H2,1-6H3,(H,18,20). The Hall–Kier alpha value is -1.82. The maximum absolute atomic E-state index is 12.7. The predicted octanol–water partition coefficient (Wildman–Crippen LogP) is 4.02. The molecule has 1 rings (SSSR count). The first-order valence-electron chi connectivity index (χ1n) is 7.79. The summed E-state index contributed by atoms with van der Waals surface area (Å²) in [5.74, 6) is -0.448. The summed E-state index contributed by atoms with van der Waals surface area (Å²) in [5.41, 5.74) is 0.671. The minimum atomic E-state index is -2.27. The summed E-state index contributed by atoms with van der Waals surface area (Å²) in [4.78, 5) is 24.5. The first-order valence-corrected chi connectivity index (χ1v) is 10.7. The normalized spacial score (nSPS) is 13.1. The smallest absolute Gasteiger partial charge is 0.408 e. The first kappa shape index (κ1) is 19.2. The van der Waals surface area contributed by atoms with Gasteiger partial charge in [-0.05, 0) is 30.6 Å². The lowest BCUT2D eigenvalue weighted by Gasteiger charge is -2.36. The van der Waals surface area contributed by atoms with E-state index in [2.05, 4.69) is 26.1 Å². The van der Waals surface area contributed by atoms with Crippen LogP contribution in [-0.2, 0) is 14.0 Å². The van der Waals surface area contributed by atoms with Crippen molar-refractivity contribution < 1.29 is 18.8 Å². The lowest BCUT2D eigenvalue weighted by Crippen LogP contribution is -2.46. The fourth-order valence-electron chi connectivity index (χ4n) is 1.68. The molecule has 0 aliphatic carbocycles. The van der Waals surface area contributed by atoms with Gasteiger partial charge in [0.2, 0.25) is 0 Å². The third-order valence-corrected chi connectivity index (χ3v) is 8.39. The number of hydrogen-bond acceptors (Lipinski definition) is 4. The predicted molar refractivity (Wildman–Crippen MR) is 92.6 cm³/mol. The van der Waals surface area contributed by atoms with Crippen molar-refractivity contribution in [1.82, 2.24) is 5.32 Å². The van der Waals surface area contributed by atoms with Crippen LogP contribution in [0, 0.1) is 0 Å². The summed E-state index contributed by atoms with van der Waals surface area (Å²) >= 11 is 0. The van der Waals surface area contributed by atoms with Crippen LogP contribution in [0.25, 0.3) is 0 Å². The molecule has 128 valence electrons. The molecule has 1 atom stereocenters. The molecule has 0 aliphatic rings. The lowest BCUT2D eigenvalue weighted by atomic mass is 10.1. The third-order valence-electron chi connectivity index (χ3n) is 4.07. The molecule has 1 aromatic carbocycles. The Balaban J connectivity index is 3.00. The molecule has 0 fully saturated rings. The third kappa shape index (κ3) is 5.39. The molecule has 0 saturated carbocycles. The van der Waals surface area contributed by atoms with E-state index in [0.29, 0.717) is 5.56 Å². The van der Waals surface area contributed by atoms with Crippen LogP contribution in [0.4, 0.5) is 4.79 Å². The van der Waals surface area contributed by atoms with Gasteiger partial charge in [-0.15, -0.1) is 0 Å². The lowest BCUT2D eigenvalue weighted by molar-refractivity contribution is -0.138. The topological polar surface area (TPSA) is 64.6 Å². The molecule has 1 aromatic rings. The molecular weight excluding hydrogens is 310 g/mol. The highest BCUT2D eigenvalue weighted by Crippen LogP contribution is 2.37. The second-order valence-electron chi connectivity index (χ2n) is 6.89. The van der Waals surface area contributed by atoms with Gasteiger partial charge < -0.3 is 14.5 Å². The number of benzene rings is 1. The van der Waals surface area contributed by atoms with Crippen LogP contribution < -0.4 is 5.32 Å². The number of nitrogens with one attached hydrogen (secondary N) is 1. The number of alkyl carbamates (subject to hydrolysis) is 1. The largest absolute Gasteiger partial charge is 0.517 e. The minimum Gasteiger partial charge on any atom is -0.517 e. The molecule has 0 heterocycles. The van der Waals surface area contributed by atoms with E-state index in [9.17, 15) is 9.59 Å². The molecule has 1 N–H and O–H groups in total. The fraction of sp³-hybridized carbons (Fsp3) is 0.529. The van der Waals surface area contributed by atoms with Gasteiger partial charge in [0, 0.05) is 0 Å². The van der Waals surface area contributed by atoms with Crippen LogP contribution in [0.5, 0.6) is 0 Å². The monoisotopic (exact) mass is 337 g/mol. The summed E-state index contributed by atoms with van der Waals surface area (Å²) in [6.45, 7) is 12.1. The van der Waals surface area contributed by atoms with Gasteiger partial charge in [-0.3, -0.25) is 4.79 Å². The minimum absolute atomic E-state index is 0.103. The van der Waals surface area contributed by atoms with Crippen LogP contribution in [0.2, 0.25) is 18.1 Å². The Morgan fingerprint density at radius 1 is 1.17 bits per heavy atom. The van der Waals surface area contributed by atoms with Crippen LogP contribution in [-0.4, -0.2) is 27.0 Å². The zero-order chi connectivity index (χ0) is 17.7. The van der Waals surface area contributed by atoms with Crippen LogP contribution in [0.15, 0.2) is 30.3 Å². The maximum atomic E-state index is 12.7. The second-order valence-corrected chi connectivity index (χ2v) is 11.6. The number of carbonyl (C=O) groups is 2. The van der Waals surface area contributed by atoms with Crippen molar-refractivity contribution in [2.24, 2.45) is 0 Å². The number of ether oxygens (including phenoxy) is 1. The van der Waals surface area contributed by atoms with Gasteiger partial charge in [-0.2, -0.15) is 0 Å². The Labute approximate surface area is 139 Å². The number of amides is 1. The van der Waals surface area contributed by atoms with Gasteiger partial charge in [-0.25, -0.2) is 4.79 Å². The van der Waals surface area contributed by atoms with E-state index in [1.807, 2.05) is 31.3 Å². The van der Waals surface area contributed by atoms with Crippen molar-refractivity contribution in [2.45, 2.75) is 51.9 Å². The maximum Gasteiger partial charge on any atom is 0.408 e. The van der Waals surface area contributed by atoms with E-state index in [1.165, 1.54) is 0 Å². The zero-order valence-electron chi connectivity index (χ0n) is 14.8. The average Bonchev–Trinajstić information content (AvgIpc) is 2.44. The summed E-state index contributed by atoms with van der Waals surface area (Å²) in [6, 6.07) is 8.17. The van der Waals surface area contributed by atoms with E-state index in [-0.39, 0.29) is 11.6 Å². The average molecular weight is 337 g/mol. The van der Waals surface area contributed by atoms with Crippen molar-refractivity contribution in [1.29, 1.82) is 0 Å². The van der Waals surface area contributed by atoms with Crippen molar-refractivity contribution in [3.05, 3.63) is 35.9 Å². The highest BCUT2D eigenvalue weighted by molar-refractivity contribution is 6.75. The molecule has 0 radical (unpaired) electrons. The Kier molecular flexibility index (Phi) is 6.38. The summed E-state index contributed by atoms with van der Waals surface area (Å²) in [5, 5.41) is 2.49. The number of rotatable bonds is 5. The van der Waals surface area contributed by atoms with E-state index in [0.717, 1.165) is 0 Å². The molecule has 1 amide bonds. The Morgan fingerprint density at radius 2 is 1.74 bits per heavy atom. The molecule has 0 bridgehead atoms. The molecule has 1 unspecified atom stereocenters. The van der Waals surface area contributed by atoms with Crippen LogP contribution >= 0.6 is 0 Å². The zero-order valence-corrected chi connectivity index (χ0v) is 15.8. The Bertz CT molecular complexity index is 537. The summed E-state index contributed by atoms with van der Waals surface area (Å²) in [7, 11) is -2.27. The van der Waals surface area contributed by atoms with E-state index < -0.39 is 26.4 Å². The van der Waals surface area contributed by atoms with Gasteiger partial charge >= 0.3 is 12.1 Å². The van der Waals surface area contributed by atoms with Crippen molar-refractivity contribution >= 4 is 20.4 Å². The molecule has 23 heavy (non-hydrogen) atoms.